The minimum Gasteiger partial charge on any atom is -0.462 e. The number of allylic oxidation sites excluding steroid dienone is 7. The van der Waals surface area contributed by atoms with E-state index < -0.39 is 57.4 Å². The Morgan fingerprint density at radius 1 is 0.733 bits per heavy atom. The van der Waals surface area contributed by atoms with Crippen molar-refractivity contribution < 1.29 is 53.3 Å². The van der Waals surface area contributed by atoms with Crippen molar-refractivity contribution in [2.24, 2.45) is 0 Å². The Balaban J connectivity index is 4.43. The first kappa shape index (κ1) is 42.6. The molecule has 0 aromatic rings. The molecule has 0 aromatic heterocycles. The van der Waals surface area contributed by atoms with E-state index in [9.17, 15) is 29.5 Å². The molecule has 0 radical (unpaired) electrons. The number of carbonyl (C=O) groups is 2. The SMILES string of the molecule is CC/C=C\C[C@@H](O)/C=C/C=C/C=C\C=C/[C@H](O)[C@@H](O)CCCC(=O)OC[C@H](COP(=O)(O)O)OC(=O)CCCCCCCCC. The highest BCUT2D eigenvalue weighted by Crippen LogP contribution is 2.35. The first-order valence-corrected chi connectivity index (χ1v) is 17.4. The summed E-state index contributed by atoms with van der Waals surface area (Å²) in [6, 6.07) is 0. The summed E-state index contributed by atoms with van der Waals surface area (Å²) in [5, 5.41) is 30.0. The highest BCUT2D eigenvalue weighted by molar-refractivity contribution is 7.46. The van der Waals surface area contributed by atoms with Gasteiger partial charge in [0.05, 0.1) is 24.9 Å². The molecule has 258 valence electrons. The van der Waals surface area contributed by atoms with Gasteiger partial charge in [0, 0.05) is 12.8 Å². The third-order valence-corrected chi connectivity index (χ3v) is 6.88. The van der Waals surface area contributed by atoms with Crippen LogP contribution in [-0.4, -0.2) is 74.7 Å². The van der Waals surface area contributed by atoms with E-state index in [2.05, 4.69) is 11.4 Å². The number of aliphatic hydroxyl groups excluding tert-OH is 3. The predicted octanol–water partition coefficient (Wildman–Crippen LogP) is 5.53. The van der Waals surface area contributed by atoms with Crippen molar-refractivity contribution in [1.29, 1.82) is 0 Å². The van der Waals surface area contributed by atoms with E-state index in [4.69, 9.17) is 19.3 Å². The van der Waals surface area contributed by atoms with E-state index in [1.165, 1.54) is 12.5 Å². The van der Waals surface area contributed by atoms with E-state index in [1.807, 2.05) is 19.1 Å². The topological polar surface area (TPSA) is 180 Å². The summed E-state index contributed by atoms with van der Waals surface area (Å²) in [6.45, 7) is 3.09. The van der Waals surface area contributed by atoms with Crippen LogP contribution in [0, 0.1) is 0 Å². The fraction of sp³-hybridized carbons (Fsp3) is 0.636. The van der Waals surface area contributed by atoms with Crippen molar-refractivity contribution in [1.82, 2.24) is 0 Å². The molecule has 45 heavy (non-hydrogen) atoms. The summed E-state index contributed by atoms with van der Waals surface area (Å²) in [5.41, 5.74) is 0. The normalized spacial score (nSPS) is 15.4. The lowest BCUT2D eigenvalue weighted by molar-refractivity contribution is -0.161. The second kappa shape index (κ2) is 27.9. The van der Waals surface area contributed by atoms with E-state index >= 15 is 0 Å². The Kier molecular flexibility index (Phi) is 26.4. The van der Waals surface area contributed by atoms with Crippen LogP contribution >= 0.6 is 7.82 Å². The van der Waals surface area contributed by atoms with Gasteiger partial charge in [-0.2, -0.15) is 0 Å². The number of phosphoric acid groups is 1. The number of esters is 2. The van der Waals surface area contributed by atoms with Crippen LogP contribution < -0.4 is 0 Å². The average Bonchev–Trinajstić information content (AvgIpc) is 2.98. The van der Waals surface area contributed by atoms with Crippen molar-refractivity contribution >= 4 is 19.8 Å². The summed E-state index contributed by atoms with van der Waals surface area (Å²) in [5.74, 6) is -1.23. The van der Waals surface area contributed by atoms with Gasteiger partial charge in [-0.3, -0.25) is 14.1 Å². The molecule has 0 saturated carbocycles. The highest BCUT2D eigenvalue weighted by Gasteiger charge is 2.23. The Bertz CT molecular complexity index is 968. The van der Waals surface area contributed by atoms with Crippen molar-refractivity contribution in [2.75, 3.05) is 13.2 Å². The lowest BCUT2D eigenvalue weighted by Crippen LogP contribution is -2.29. The number of ether oxygens (including phenoxy) is 2. The molecule has 0 aromatic carbocycles. The first-order valence-electron chi connectivity index (χ1n) is 15.9. The average molecular weight is 659 g/mol. The van der Waals surface area contributed by atoms with Gasteiger partial charge in [-0.25, -0.2) is 4.57 Å². The first-order chi connectivity index (χ1) is 21.5. The fourth-order valence-corrected chi connectivity index (χ4v) is 4.25. The predicted molar refractivity (Wildman–Crippen MR) is 174 cm³/mol. The van der Waals surface area contributed by atoms with Crippen LogP contribution in [0.3, 0.4) is 0 Å². The maximum atomic E-state index is 12.2. The Hall–Kier alpha value is -2.37. The smallest absolute Gasteiger partial charge is 0.462 e. The minimum absolute atomic E-state index is 0.0899. The largest absolute Gasteiger partial charge is 0.469 e. The standard InChI is InChI=1S/C33H55O11P/c1-3-5-7-8-9-14-18-24-33(38)44-29(27-43-45(39,40)41)26-42-32(37)25-19-23-31(36)30(35)22-17-13-11-10-12-16-21-28(34)20-15-6-4-2/h6,10-13,15-17,21-22,28-31,34-36H,3-5,7-9,14,18-20,23-27H2,1-2H3,(H2,39,40,41)/b12-10+,13-11-,15-6-,21-16+,22-17-/t28-,29-,30+,31+/m1/s1. The lowest BCUT2D eigenvalue weighted by Gasteiger charge is -2.18. The van der Waals surface area contributed by atoms with Crippen LogP contribution in [0.2, 0.25) is 0 Å². The molecular formula is C33H55O11P. The monoisotopic (exact) mass is 658 g/mol. The maximum absolute atomic E-state index is 12.2. The quantitative estimate of drug-likeness (QED) is 0.0246. The number of hydrogen-bond donors (Lipinski definition) is 5. The molecular weight excluding hydrogens is 603 g/mol. The molecule has 0 bridgehead atoms. The molecule has 0 amide bonds. The highest BCUT2D eigenvalue weighted by atomic mass is 31.2. The van der Waals surface area contributed by atoms with Crippen LogP contribution in [0.5, 0.6) is 0 Å². The summed E-state index contributed by atoms with van der Waals surface area (Å²) in [7, 11) is -4.82. The Morgan fingerprint density at radius 3 is 1.98 bits per heavy atom. The van der Waals surface area contributed by atoms with Gasteiger partial charge in [0.1, 0.15) is 6.61 Å². The fourth-order valence-electron chi connectivity index (χ4n) is 3.89. The van der Waals surface area contributed by atoms with Gasteiger partial charge in [-0.05, 0) is 32.1 Å². The molecule has 12 heteroatoms. The molecule has 0 aliphatic rings. The van der Waals surface area contributed by atoms with Gasteiger partial charge < -0.3 is 34.6 Å². The zero-order chi connectivity index (χ0) is 33.8. The number of aliphatic hydroxyl groups is 3. The molecule has 5 N–H and O–H groups in total. The van der Waals surface area contributed by atoms with Crippen molar-refractivity contribution in [2.45, 2.75) is 122 Å². The second-order valence-electron chi connectivity index (χ2n) is 10.6. The zero-order valence-electron chi connectivity index (χ0n) is 26.8. The molecule has 0 aliphatic carbocycles. The minimum atomic E-state index is -4.82. The summed E-state index contributed by atoms with van der Waals surface area (Å²) in [4.78, 5) is 42.3. The molecule has 0 fully saturated rings. The molecule has 0 heterocycles. The number of unbranched alkanes of at least 4 members (excludes halogenated alkanes) is 6. The van der Waals surface area contributed by atoms with Crippen LogP contribution in [0.1, 0.15) is 97.3 Å². The van der Waals surface area contributed by atoms with Gasteiger partial charge in [-0.1, -0.05) is 113 Å². The second-order valence-corrected chi connectivity index (χ2v) is 11.9. The van der Waals surface area contributed by atoms with E-state index in [1.54, 1.807) is 42.5 Å². The molecule has 4 atom stereocenters. The maximum Gasteiger partial charge on any atom is 0.469 e. The van der Waals surface area contributed by atoms with Crippen molar-refractivity contribution in [3.8, 4) is 0 Å². The van der Waals surface area contributed by atoms with Crippen LogP contribution in [0.4, 0.5) is 0 Å². The number of carbonyl (C=O) groups excluding carboxylic acids is 2. The van der Waals surface area contributed by atoms with Gasteiger partial charge in [0.15, 0.2) is 6.10 Å². The number of hydrogen-bond acceptors (Lipinski definition) is 9. The van der Waals surface area contributed by atoms with Crippen LogP contribution in [0.25, 0.3) is 0 Å². The summed E-state index contributed by atoms with van der Waals surface area (Å²) >= 11 is 0. The molecule has 11 nitrogen and oxygen atoms in total. The Morgan fingerprint density at radius 2 is 1.33 bits per heavy atom. The summed E-state index contributed by atoms with van der Waals surface area (Å²) < 4.78 is 25.9. The number of phosphoric ester groups is 1. The van der Waals surface area contributed by atoms with E-state index in [-0.39, 0.29) is 25.7 Å². The molecule has 0 unspecified atom stereocenters. The number of rotatable bonds is 27. The van der Waals surface area contributed by atoms with Gasteiger partial charge in [0.2, 0.25) is 0 Å². The third-order valence-electron chi connectivity index (χ3n) is 6.39. The third kappa shape index (κ3) is 28.8. The van der Waals surface area contributed by atoms with Gasteiger partial charge >= 0.3 is 19.8 Å². The van der Waals surface area contributed by atoms with Crippen molar-refractivity contribution in [3.05, 3.63) is 60.8 Å². The molecule has 0 aliphatic heterocycles. The van der Waals surface area contributed by atoms with Gasteiger partial charge in [-0.15, -0.1) is 0 Å². The molecule has 0 rings (SSSR count). The van der Waals surface area contributed by atoms with Gasteiger partial charge in [0.25, 0.3) is 0 Å². The molecule has 0 saturated heterocycles. The molecule has 0 spiro atoms. The lowest BCUT2D eigenvalue weighted by atomic mass is 10.1. The Labute approximate surface area is 268 Å². The summed E-state index contributed by atoms with van der Waals surface area (Å²) in [6.07, 6.45) is 22.2. The van der Waals surface area contributed by atoms with Crippen LogP contribution in [0.15, 0.2) is 60.8 Å². The van der Waals surface area contributed by atoms with Crippen LogP contribution in [-0.2, 0) is 28.2 Å². The van der Waals surface area contributed by atoms with Crippen molar-refractivity contribution in [3.63, 3.8) is 0 Å². The van der Waals surface area contributed by atoms with E-state index in [0.29, 0.717) is 12.8 Å². The van der Waals surface area contributed by atoms with E-state index in [0.717, 1.165) is 38.5 Å². The zero-order valence-corrected chi connectivity index (χ0v) is 27.7.